The minimum absolute atomic E-state index is 0.427. The molecule has 2 atom stereocenters. The van der Waals surface area contributed by atoms with Crippen LogP contribution in [0, 0.1) is 5.92 Å². The third-order valence-electron chi connectivity index (χ3n) is 3.06. The van der Waals surface area contributed by atoms with Gasteiger partial charge in [-0.25, -0.2) is 0 Å². The molecule has 2 unspecified atom stereocenters. The first kappa shape index (κ1) is 8.18. The number of hydrogen-bond donors (Lipinski definition) is 1. The van der Waals surface area contributed by atoms with Gasteiger partial charge in [0, 0.05) is 19.0 Å². The Bertz CT molecular complexity index is 361. The summed E-state index contributed by atoms with van der Waals surface area (Å²) in [7, 11) is 0. The highest BCUT2D eigenvalue weighted by Gasteiger charge is 2.29. The van der Waals surface area contributed by atoms with Crippen molar-refractivity contribution in [3.8, 4) is 0 Å². The van der Waals surface area contributed by atoms with Crippen LogP contribution in [0.25, 0.3) is 0 Å². The maximum absolute atomic E-state index is 4.64. The molecule has 14 heavy (non-hydrogen) atoms. The van der Waals surface area contributed by atoms with E-state index >= 15 is 0 Å². The molecule has 0 fully saturated rings. The number of rotatable bonds is 0. The third kappa shape index (κ3) is 1.18. The molecule has 0 aromatic heterocycles. The zero-order valence-electron chi connectivity index (χ0n) is 8.11. The summed E-state index contributed by atoms with van der Waals surface area (Å²) in [5, 5.41) is 3.51. The lowest BCUT2D eigenvalue weighted by Crippen LogP contribution is -2.46. The molecule has 0 saturated carbocycles. The van der Waals surface area contributed by atoms with Gasteiger partial charge in [0.25, 0.3) is 0 Å². The number of nitrogens with zero attached hydrogens (tertiary/aromatic N) is 1. The second-order valence-electron chi connectivity index (χ2n) is 3.97. The van der Waals surface area contributed by atoms with Gasteiger partial charge in [0.05, 0.1) is 11.8 Å². The van der Waals surface area contributed by atoms with Gasteiger partial charge < -0.3 is 5.32 Å². The van der Waals surface area contributed by atoms with Crippen LogP contribution in [-0.4, -0.2) is 24.8 Å². The summed E-state index contributed by atoms with van der Waals surface area (Å²) >= 11 is 0. The molecular weight excluding hydrogens is 172 g/mol. The Morgan fingerprint density at radius 1 is 1.36 bits per heavy atom. The minimum Gasteiger partial charge on any atom is -0.304 e. The van der Waals surface area contributed by atoms with Crippen LogP contribution in [0.2, 0.25) is 0 Å². The molecule has 1 N–H and O–H groups in total. The van der Waals surface area contributed by atoms with E-state index in [-0.39, 0.29) is 0 Å². The van der Waals surface area contributed by atoms with Gasteiger partial charge in [-0.2, -0.15) is 0 Å². The average molecular weight is 186 g/mol. The molecule has 2 nitrogen and oxygen atoms in total. The lowest BCUT2D eigenvalue weighted by atomic mass is 9.82. The first-order chi connectivity index (χ1) is 6.95. The minimum atomic E-state index is 0.427. The molecule has 0 radical (unpaired) electrons. The SMILES string of the molecule is C1=CC2C=CC3=CCCN=C3C2NC1. The second kappa shape index (κ2) is 3.21. The molecule has 0 amide bonds. The van der Waals surface area contributed by atoms with Crippen LogP contribution >= 0.6 is 0 Å². The van der Waals surface area contributed by atoms with E-state index < -0.39 is 0 Å². The summed E-state index contributed by atoms with van der Waals surface area (Å²) in [4.78, 5) is 4.64. The molecule has 0 saturated heterocycles. The molecule has 72 valence electrons. The lowest BCUT2D eigenvalue weighted by Gasteiger charge is -2.33. The number of hydrogen-bond acceptors (Lipinski definition) is 2. The van der Waals surface area contributed by atoms with Crippen molar-refractivity contribution in [2.45, 2.75) is 12.5 Å². The Hall–Kier alpha value is -1.15. The summed E-state index contributed by atoms with van der Waals surface area (Å²) in [6, 6.07) is 0.427. The molecule has 0 bridgehead atoms. The fourth-order valence-electron chi connectivity index (χ4n) is 2.37. The number of nitrogens with one attached hydrogen (secondary N) is 1. The molecular formula is C12H14N2. The quantitative estimate of drug-likeness (QED) is 0.569. The smallest absolute Gasteiger partial charge is 0.0597 e. The highest BCUT2D eigenvalue weighted by molar-refractivity contribution is 6.08. The van der Waals surface area contributed by atoms with Crippen molar-refractivity contribution in [1.82, 2.24) is 5.32 Å². The standard InChI is InChI=1S/C12H14N2/c1-3-9-5-6-10-4-2-8-14-12(10)11(9)13-7-1/h1,3-6,9,11,13H,2,7-8H2. The van der Waals surface area contributed by atoms with Crippen molar-refractivity contribution < 1.29 is 0 Å². The summed E-state index contributed by atoms with van der Waals surface area (Å²) in [5.74, 6) is 0.512. The normalized spacial score (nSPS) is 34.3. The molecule has 0 spiro atoms. The largest absolute Gasteiger partial charge is 0.304 e. The Morgan fingerprint density at radius 2 is 2.36 bits per heavy atom. The second-order valence-corrected chi connectivity index (χ2v) is 3.97. The first-order valence-electron chi connectivity index (χ1n) is 5.28. The van der Waals surface area contributed by atoms with Crippen molar-refractivity contribution >= 4 is 5.71 Å². The number of aliphatic imine (C=N–C) groups is 1. The Balaban J connectivity index is 2.03. The van der Waals surface area contributed by atoms with Crippen LogP contribution < -0.4 is 5.32 Å². The molecule has 1 aliphatic carbocycles. The van der Waals surface area contributed by atoms with Crippen LogP contribution in [0.4, 0.5) is 0 Å². The first-order valence-corrected chi connectivity index (χ1v) is 5.28. The molecule has 0 aromatic carbocycles. The molecule has 2 heterocycles. The van der Waals surface area contributed by atoms with E-state index in [2.05, 4.69) is 40.7 Å². The van der Waals surface area contributed by atoms with Gasteiger partial charge in [0.1, 0.15) is 0 Å². The maximum Gasteiger partial charge on any atom is 0.0597 e. The number of allylic oxidation sites excluding steroid dienone is 1. The molecule has 2 aliphatic heterocycles. The Kier molecular flexibility index (Phi) is 1.88. The molecule has 0 aromatic rings. The summed E-state index contributed by atoms with van der Waals surface area (Å²) in [6.45, 7) is 1.93. The maximum atomic E-state index is 4.64. The van der Waals surface area contributed by atoms with E-state index in [0.29, 0.717) is 12.0 Å². The zero-order valence-corrected chi connectivity index (χ0v) is 8.11. The van der Waals surface area contributed by atoms with Crippen LogP contribution in [0.1, 0.15) is 6.42 Å². The predicted molar refractivity (Wildman–Crippen MR) is 58.6 cm³/mol. The van der Waals surface area contributed by atoms with Gasteiger partial charge in [0.2, 0.25) is 0 Å². The van der Waals surface area contributed by atoms with Crippen molar-refractivity contribution in [1.29, 1.82) is 0 Å². The van der Waals surface area contributed by atoms with Gasteiger partial charge >= 0.3 is 0 Å². The summed E-state index contributed by atoms with van der Waals surface area (Å²) in [6.07, 6.45) is 12.4. The topological polar surface area (TPSA) is 24.4 Å². The van der Waals surface area contributed by atoms with E-state index in [4.69, 9.17) is 0 Å². The van der Waals surface area contributed by atoms with Crippen LogP contribution in [0.15, 0.2) is 40.9 Å². The monoisotopic (exact) mass is 186 g/mol. The van der Waals surface area contributed by atoms with Crippen LogP contribution in [0.5, 0.6) is 0 Å². The van der Waals surface area contributed by atoms with Gasteiger partial charge in [-0.1, -0.05) is 30.4 Å². The highest BCUT2D eigenvalue weighted by atomic mass is 15.0. The van der Waals surface area contributed by atoms with E-state index in [1.165, 1.54) is 11.3 Å². The van der Waals surface area contributed by atoms with Crippen molar-refractivity contribution in [3.63, 3.8) is 0 Å². The van der Waals surface area contributed by atoms with Gasteiger partial charge in [0.15, 0.2) is 0 Å². The summed E-state index contributed by atoms with van der Waals surface area (Å²) in [5.41, 5.74) is 2.61. The average Bonchev–Trinajstić information content (AvgIpc) is 2.29. The molecule has 3 aliphatic rings. The number of dihydropyridines is 1. The number of fused-ring (bicyclic) bond motifs is 3. The van der Waals surface area contributed by atoms with E-state index in [1.54, 1.807) is 0 Å². The van der Waals surface area contributed by atoms with Crippen molar-refractivity contribution in [3.05, 3.63) is 36.0 Å². The van der Waals surface area contributed by atoms with Crippen molar-refractivity contribution in [2.24, 2.45) is 10.9 Å². The van der Waals surface area contributed by atoms with E-state index in [0.717, 1.165) is 19.5 Å². The lowest BCUT2D eigenvalue weighted by molar-refractivity contribution is 0.556. The Morgan fingerprint density at radius 3 is 3.36 bits per heavy atom. The van der Waals surface area contributed by atoms with E-state index in [9.17, 15) is 0 Å². The zero-order chi connectivity index (χ0) is 9.38. The van der Waals surface area contributed by atoms with Gasteiger partial charge in [-0.3, -0.25) is 4.99 Å². The third-order valence-corrected chi connectivity index (χ3v) is 3.06. The predicted octanol–water partition coefficient (Wildman–Crippen LogP) is 1.47. The highest BCUT2D eigenvalue weighted by Crippen LogP contribution is 2.25. The Labute approximate surface area is 84.1 Å². The van der Waals surface area contributed by atoms with Gasteiger partial charge in [-0.15, -0.1) is 0 Å². The van der Waals surface area contributed by atoms with Gasteiger partial charge in [-0.05, 0) is 12.0 Å². The van der Waals surface area contributed by atoms with E-state index in [1.807, 2.05) is 0 Å². The fourth-order valence-corrected chi connectivity index (χ4v) is 2.37. The molecule has 2 heteroatoms. The van der Waals surface area contributed by atoms with Crippen LogP contribution in [0.3, 0.4) is 0 Å². The summed E-state index contributed by atoms with van der Waals surface area (Å²) < 4.78 is 0. The fraction of sp³-hybridized carbons (Fsp3) is 0.417. The van der Waals surface area contributed by atoms with Crippen molar-refractivity contribution in [2.75, 3.05) is 13.1 Å². The molecule has 3 rings (SSSR count). The van der Waals surface area contributed by atoms with Crippen LogP contribution in [-0.2, 0) is 0 Å².